The minimum absolute atomic E-state index is 0.0958. The molecule has 2 aromatic rings. The van der Waals surface area contributed by atoms with Gasteiger partial charge in [0.15, 0.2) is 11.5 Å². The summed E-state index contributed by atoms with van der Waals surface area (Å²) in [6, 6.07) is 5.13. The SMILES string of the molecule is COc1cc2c(cc1OC)[C@H](C)N(S(=O)(=O)c1cc(C(F)(F)F)ccc1Cl)CC2. The van der Waals surface area contributed by atoms with Gasteiger partial charge in [0.2, 0.25) is 10.0 Å². The van der Waals surface area contributed by atoms with Gasteiger partial charge in [-0.15, -0.1) is 0 Å². The Morgan fingerprint density at radius 3 is 2.31 bits per heavy atom. The van der Waals surface area contributed by atoms with Crippen LogP contribution in [0.5, 0.6) is 11.5 Å². The Balaban J connectivity index is 2.06. The number of halogens is 4. The molecule has 10 heteroatoms. The van der Waals surface area contributed by atoms with Gasteiger partial charge in [-0.3, -0.25) is 0 Å². The summed E-state index contributed by atoms with van der Waals surface area (Å²) >= 11 is 5.98. The van der Waals surface area contributed by atoms with Gasteiger partial charge < -0.3 is 9.47 Å². The van der Waals surface area contributed by atoms with E-state index in [0.717, 1.165) is 22.0 Å². The van der Waals surface area contributed by atoms with E-state index >= 15 is 0 Å². The third kappa shape index (κ3) is 3.91. The molecule has 0 saturated heterocycles. The van der Waals surface area contributed by atoms with E-state index < -0.39 is 32.7 Å². The highest BCUT2D eigenvalue weighted by atomic mass is 35.5. The highest BCUT2D eigenvalue weighted by Gasteiger charge is 2.38. The molecule has 158 valence electrons. The minimum atomic E-state index is -4.68. The normalized spacial score (nSPS) is 17.7. The van der Waals surface area contributed by atoms with Gasteiger partial charge in [0, 0.05) is 12.6 Å². The molecule has 0 aromatic heterocycles. The molecule has 0 bridgehead atoms. The first-order chi connectivity index (χ1) is 13.5. The van der Waals surface area contributed by atoms with Gasteiger partial charge in [0.05, 0.1) is 24.8 Å². The number of hydrogen-bond acceptors (Lipinski definition) is 4. The molecule has 0 radical (unpaired) electrons. The molecular weight excluding hydrogens is 431 g/mol. The van der Waals surface area contributed by atoms with Crippen molar-refractivity contribution < 1.29 is 31.1 Å². The Kier molecular flexibility index (Phi) is 5.77. The zero-order chi connectivity index (χ0) is 21.6. The lowest BCUT2D eigenvalue weighted by Crippen LogP contribution is -2.39. The Labute approximate surface area is 172 Å². The molecular formula is C19H19ClF3NO4S. The highest BCUT2D eigenvalue weighted by molar-refractivity contribution is 7.89. The van der Waals surface area contributed by atoms with Crippen LogP contribution >= 0.6 is 11.6 Å². The second-order valence-electron chi connectivity index (χ2n) is 6.59. The van der Waals surface area contributed by atoms with Crippen LogP contribution in [0.25, 0.3) is 0 Å². The fourth-order valence-corrected chi connectivity index (χ4v) is 5.57. The zero-order valence-corrected chi connectivity index (χ0v) is 17.5. The number of hydrogen-bond donors (Lipinski definition) is 0. The summed E-state index contributed by atoms with van der Waals surface area (Å²) in [7, 11) is -1.30. The molecule has 5 nitrogen and oxygen atoms in total. The Morgan fingerprint density at radius 1 is 1.10 bits per heavy atom. The summed E-state index contributed by atoms with van der Waals surface area (Å²) in [4.78, 5) is -0.565. The Hall–Kier alpha value is -1.97. The van der Waals surface area contributed by atoms with Gasteiger partial charge in [-0.2, -0.15) is 17.5 Å². The molecule has 0 spiro atoms. The molecule has 2 aromatic carbocycles. The van der Waals surface area contributed by atoms with E-state index in [1.54, 1.807) is 19.1 Å². The zero-order valence-electron chi connectivity index (χ0n) is 15.9. The van der Waals surface area contributed by atoms with Crippen LogP contribution in [-0.2, 0) is 22.6 Å². The number of nitrogens with zero attached hydrogens (tertiary/aromatic N) is 1. The van der Waals surface area contributed by atoms with Crippen LogP contribution in [0.2, 0.25) is 5.02 Å². The van der Waals surface area contributed by atoms with E-state index in [9.17, 15) is 21.6 Å². The largest absolute Gasteiger partial charge is 0.493 e. The van der Waals surface area contributed by atoms with Crippen LogP contribution in [0.4, 0.5) is 13.2 Å². The number of sulfonamides is 1. The van der Waals surface area contributed by atoms with E-state index in [1.807, 2.05) is 0 Å². The highest BCUT2D eigenvalue weighted by Crippen LogP contribution is 2.41. The van der Waals surface area contributed by atoms with E-state index in [4.69, 9.17) is 21.1 Å². The summed E-state index contributed by atoms with van der Waals surface area (Å²) in [6.07, 6.45) is -4.31. The molecule has 0 saturated carbocycles. The van der Waals surface area contributed by atoms with Crippen LogP contribution in [-0.4, -0.2) is 33.5 Å². The molecule has 0 fully saturated rings. The van der Waals surface area contributed by atoms with Crippen molar-refractivity contribution in [3.05, 3.63) is 52.0 Å². The van der Waals surface area contributed by atoms with Crippen LogP contribution in [0.1, 0.15) is 29.7 Å². The number of methoxy groups -OCH3 is 2. The quantitative estimate of drug-likeness (QED) is 0.680. The standard InChI is InChI=1S/C19H19ClF3NO4S/c1-11-14-10-17(28-3)16(27-2)8-12(14)6-7-24(11)29(25,26)18-9-13(19(21,22)23)4-5-15(18)20/h4-5,8-11H,6-7H2,1-3H3/t11-/m0/s1. The van der Waals surface area contributed by atoms with Gasteiger partial charge in [0.25, 0.3) is 0 Å². The van der Waals surface area contributed by atoms with Gasteiger partial charge in [0.1, 0.15) is 4.90 Å². The van der Waals surface area contributed by atoms with Gasteiger partial charge in [-0.25, -0.2) is 8.42 Å². The third-order valence-corrected chi connectivity index (χ3v) is 7.43. The Bertz CT molecular complexity index is 1040. The maximum Gasteiger partial charge on any atom is 0.416 e. The first-order valence-electron chi connectivity index (χ1n) is 8.64. The lowest BCUT2D eigenvalue weighted by molar-refractivity contribution is -0.137. The number of rotatable bonds is 4. The van der Waals surface area contributed by atoms with Crippen molar-refractivity contribution in [2.45, 2.75) is 30.5 Å². The summed E-state index contributed by atoms with van der Waals surface area (Å²) in [5.74, 6) is 0.963. The van der Waals surface area contributed by atoms with Gasteiger partial charge in [-0.05, 0) is 54.8 Å². The molecule has 1 heterocycles. The average Bonchev–Trinajstić information content (AvgIpc) is 2.66. The molecule has 1 aliphatic rings. The fraction of sp³-hybridized carbons (Fsp3) is 0.368. The van der Waals surface area contributed by atoms with Crippen molar-refractivity contribution in [1.29, 1.82) is 0 Å². The van der Waals surface area contributed by atoms with Crippen molar-refractivity contribution in [1.82, 2.24) is 4.31 Å². The lowest BCUT2D eigenvalue weighted by atomic mass is 9.94. The van der Waals surface area contributed by atoms with E-state index in [-0.39, 0.29) is 11.6 Å². The second-order valence-corrected chi connectivity index (χ2v) is 8.86. The maximum atomic E-state index is 13.2. The summed E-state index contributed by atoms with van der Waals surface area (Å²) in [5.41, 5.74) is 0.509. The van der Waals surface area contributed by atoms with Crippen molar-refractivity contribution >= 4 is 21.6 Å². The Morgan fingerprint density at radius 2 is 1.72 bits per heavy atom. The van der Waals surface area contributed by atoms with Crippen molar-refractivity contribution in [2.24, 2.45) is 0 Å². The number of fused-ring (bicyclic) bond motifs is 1. The van der Waals surface area contributed by atoms with Crippen molar-refractivity contribution in [2.75, 3.05) is 20.8 Å². The molecule has 29 heavy (non-hydrogen) atoms. The van der Waals surface area contributed by atoms with Gasteiger partial charge in [-0.1, -0.05) is 11.6 Å². The molecule has 0 amide bonds. The summed E-state index contributed by atoms with van der Waals surface area (Å²) < 4.78 is 77.4. The minimum Gasteiger partial charge on any atom is -0.493 e. The predicted molar refractivity (Wildman–Crippen MR) is 102 cm³/mol. The number of ether oxygens (including phenoxy) is 2. The first-order valence-corrected chi connectivity index (χ1v) is 10.5. The maximum absolute atomic E-state index is 13.2. The monoisotopic (exact) mass is 449 g/mol. The van der Waals surface area contributed by atoms with Crippen LogP contribution in [0.3, 0.4) is 0 Å². The fourth-order valence-electron chi connectivity index (χ4n) is 3.45. The second kappa shape index (κ2) is 7.70. The predicted octanol–water partition coefficient (Wildman–Crippen LogP) is 4.68. The van der Waals surface area contributed by atoms with Crippen LogP contribution in [0.15, 0.2) is 35.2 Å². The molecule has 0 unspecified atom stereocenters. The van der Waals surface area contributed by atoms with Crippen molar-refractivity contribution in [3.63, 3.8) is 0 Å². The molecule has 0 N–H and O–H groups in total. The molecule has 1 atom stereocenters. The van der Waals surface area contributed by atoms with Crippen LogP contribution in [0, 0.1) is 0 Å². The third-order valence-electron chi connectivity index (χ3n) is 4.97. The van der Waals surface area contributed by atoms with Gasteiger partial charge >= 0.3 is 6.18 Å². The summed E-state index contributed by atoms with van der Waals surface area (Å²) in [5, 5.41) is -0.261. The molecule has 3 rings (SSSR count). The summed E-state index contributed by atoms with van der Waals surface area (Å²) in [6.45, 7) is 1.77. The lowest BCUT2D eigenvalue weighted by Gasteiger charge is -2.35. The van der Waals surface area contributed by atoms with Crippen molar-refractivity contribution in [3.8, 4) is 11.5 Å². The molecule has 0 aliphatic carbocycles. The number of benzene rings is 2. The van der Waals surface area contributed by atoms with E-state index in [1.165, 1.54) is 14.2 Å². The topological polar surface area (TPSA) is 55.8 Å². The van der Waals surface area contributed by atoms with E-state index in [2.05, 4.69) is 0 Å². The average molecular weight is 450 g/mol. The smallest absolute Gasteiger partial charge is 0.416 e. The van der Waals surface area contributed by atoms with E-state index in [0.29, 0.717) is 29.5 Å². The number of alkyl halides is 3. The van der Waals surface area contributed by atoms with Crippen LogP contribution < -0.4 is 9.47 Å². The molecule has 1 aliphatic heterocycles. The first kappa shape index (κ1) is 21.7.